The van der Waals surface area contributed by atoms with E-state index in [1.165, 1.54) is 6.07 Å². The molecule has 1 atom stereocenters. The highest BCUT2D eigenvalue weighted by molar-refractivity contribution is 6.02. The fourth-order valence-electron chi connectivity index (χ4n) is 4.23. The van der Waals surface area contributed by atoms with Crippen LogP contribution in [0, 0.1) is 26.6 Å². The van der Waals surface area contributed by atoms with E-state index in [9.17, 15) is 9.18 Å². The fraction of sp³-hybridized carbons (Fsp3) is 0.185. The van der Waals surface area contributed by atoms with E-state index >= 15 is 0 Å². The summed E-state index contributed by atoms with van der Waals surface area (Å²) < 4.78 is 20.9. The second kappa shape index (κ2) is 9.60. The number of hydrazine groups is 1. The van der Waals surface area contributed by atoms with Gasteiger partial charge in [-0.3, -0.25) is 4.79 Å². The van der Waals surface area contributed by atoms with E-state index in [-0.39, 0.29) is 28.6 Å². The lowest BCUT2D eigenvalue weighted by Gasteiger charge is -2.21. The molecular weight excluding hydrogens is 445 g/mol. The Balaban J connectivity index is 1.88. The zero-order valence-corrected chi connectivity index (χ0v) is 20.1. The highest BCUT2D eigenvalue weighted by Crippen LogP contribution is 2.33. The molecule has 35 heavy (non-hydrogen) atoms. The van der Waals surface area contributed by atoms with Crippen LogP contribution in [-0.4, -0.2) is 5.84 Å². The van der Waals surface area contributed by atoms with E-state index in [1.807, 2.05) is 45.0 Å². The Kier molecular flexibility index (Phi) is 6.57. The first kappa shape index (κ1) is 24.0. The average Bonchev–Trinajstić information content (AvgIpc) is 2.83. The number of anilines is 1. The van der Waals surface area contributed by atoms with E-state index in [0.29, 0.717) is 22.1 Å². The molecule has 0 amide bonds. The summed E-state index contributed by atoms with van der Waals surface area (Å²) in [6.07, 6.45) is 0. The minimum absolute atomic E-state index is 0.192. The standard InChI is InChI=1S/C27H28FN5O2/c1-14-9-10-23(20(11-14)27(29)32-33-30)31-17(4)19-12-15(2)13-21-24(34)16(3)25(35-26(19)21)18-7-5-6-8-22(18)28/h5-13,17,31,33H,30H2,1-4H3,(H2,29,32). The molecule has 0 fully saturated rings. The Morgan fingerprint density at radius 3 is 2.51 bits per heavy atom. The van der Waals surface area contributed by atoms with Crippen LogP contribution in [0.15, 0.2) is 68.9 Å². The molecule has 7 nitrogen and oxygen atoms in total. The fourth-order valence-corrected chi connectivity index (χ4v) is 4.23. The van der Waals surface area contributed by atoms with Crippen LogP contribution in [0.3, 0.4) is 0 Å². The molecule has 0 aliphatic heterocycles. The Hall–Kier alpha value is -4.17. The van der Waals surface area contributed by atoms with E-state index in [0.717, 1.165) is 22.4 Å². The van der Waals surface area contributed by atoms with Crippen molar-refractivity contribution in [2.45, 2.75) is 33.7 Å². The number of halogens is 1. The van der Waals surface area contributed by atoms with E-state index < -0.39 is 5.82 Å². The van der Waals surface area contributed by atoms with Crippen LogP contribution in [0.25, 0.3) is 22.3 Å². The Bertz CT molecular complexity index is 1510. The second-order valence-electron chi connectivity index (χ2n) is 8.64. The monoisotopic (exact) mass is 473 g/mol. The van der Waals surface area contributed by atoms with Crippen LogP contribution in [0.2, 0.25) is 0 Å². The van der Waals surface area contributed by atoms with Gasteiger partial charge in [0.1, 0.15) is 17.2 Å². The molecule has 0 aliphatic carbocycles. The number of hydrogen-bond acceptors (Lipinski definition) is 6. The van der Waals surface area contributed by atoms with Gasteiger partial charge in [-0.1, -0.05) is 29.8 Å². The van der Waals surface area contributed by atoms with Crippen molar-refractivity contribution >= 4 is 22.5 Å². The average molecular weight is 474 g/mol. The van der Waals surface area contributed by atoms with Gasteiger partial charge >= 0.3 is 0 Å². The van der Waals surface area contributed by atoms with Gasteiger partial charge in [0.25, 0.3) is 0 Å². The molecule has 1 aromatic heterocycles. The van der Waals surface area contributed by atoms with Gasteiger partial charge in [-0.05, 0) is 63.6 Å². The molecule has 1 heterocycles. The Morgan fingerprint density at radius 1 is 1.06 bits per heavy atom. The smallest absolute Gasteiger partial charge is 0.196 e. The number of nitrogens with one attached hydrogen (secondary N) is 2. The third-order valence-corrected chi connectivity index (χ3v) is 5.98. The van der Waals surface area contributed by atoms with Crippen LogP contribution < -0.4 is 27.9 Å². The first-order valence-corrected chi connectivity index (χ1v) is 11.2. The highest BCUT2D eigenvalue weighted by atomic mass is 19.1. The molecular formula is C27H28FN5O2. The molecule has 4 rings (SSSR count). The topological polar surface area (TPSA) is 119 Å². The largest absolute Gasteiger partial charge is 0.455 e. The van der Waals surface area contributed by atoms with Crippen molar-refractivity contribution in [3.05, 3.63) is 98.5 Å². The first-order chi connectivity index (χ1) is 16.7. The van der Waals surface area contributed by atoms with Crippen molar-refractivity contribution < 1.29 is 8.81 Å². The minimum atomic E-state index is -0.453. The van der Waals surface area contributed by atoms with Crippen LogP contribution in [0.1, 0.15) is 40.8 Å². The lowest BCUT2D eigenvalue weighted by Crippen LogP contribution is -2.24. The van der Waals surface area contributed by atoms with Gasteiger partial charge in [0.05, 0.1) is 17.0 Å². The number of fused-ring (bicyclic) bond motifs is 1. The minimum Gasteiger partial charge on any atom is -0.455 e. The summed E-state index contributed by atoms with van der Waals surface area (Å²) in [5.74, 6) is 5.31. The predicted molar refractivity (Wildman–Crippen MR) is 139 cm³/mol. The van der Waals surface area contributed by atoms with Crippen LogP contribution in [-0.2, 0) is 0 Å². The van der Waals surface area contributed by atoms with Gasteiger partial charge < -0.3 is 15.5 Å². The van der Waals surface area contributed by atoms with E-state index in [2.05, 4.69) is 16.0 Å². The normalized spacial score (nSPS) is 12.6. The summed E-state index contributed by atoms with van der Waals surface area (Å²) in [6.45, 7) is 7.48. The van der Waals surface area contributed by atoms with Crippen LogP contribution >= 0.6 is 0 Å². The molecule has 0 saturated heterocycles. The molecule has 8 heteroatoms. The third-order valence-electron chi connectivity index (χ3n) is 5.98. The predicted octanol–water partition coefficient (Wildman–Crippen LogP) is 4.78. The highest BCUT2D eigenvalue weighted by Gasteiger charge is 2.21. The summed E-state index contributed by atoms with van der Waals surface area (Å²) in [7, 11) is 0. The molecule has 180 valence electrons. The number of aryl methyl sites for hydroxylation is 2. The van der Waals surface area contributed by atoms with Gasteiger partial charge in [-0.15, -0.1) is 5.10 Å². The molecule has 0 saturated carbocycles. The number of amidine groups is 1. The molecule has 4 aromatic rings. The molecule has 0 bridgehead atoms. The zero-order chi connectivity index (χ0) is 25.3. The third kappa shape index (κ3) is 4.61. The maximum absolute atomic E-state index is 14.6. The maximum atomic E-state index is 14.6. The molecule has 6 N–H and O–H groups in total. The molecule has 0 aliphatic rings. The first-order valence-electron chi connectivity index (χ1n) is 11.2. The van der Waals surface area contributed by atoms with Gasteiger partial charge in [-0.2, -0.15) is 0 Å². The van der Waals surface area contributed by atoms with E-state index in [4.69, 9.17) is 16.0 Å². The Morgan fingerprint density at radius 2 is 1.80 bits per heavy atom. The Labute approximate surface area is 202 Å². The summed E-state index contributed by atoms with van der Waals surface area (Å²) in [5.41, 5.74) is 13.2. The van der Waals surface area contributed by atoms with Gasteiger partial charge in [0.2, 0.25) is 0 Å². The zero-order valence-electron chi connectivity index (χ0n) is 20.1. The molecule has 0 radical (unpaired) electrons. The maximum Gasteiger partial charge on any atom is 0.196 e. The summed E-state index contributed by atoms with van der Waals surface area (Å²) in [5, 5.41) is 7.80. The SMILES string of the molecule is Cc1ccc(NC(C)c2cc(C)cc3c(=O)c(C)c(-c4ccccc4F)oc23)c(/C(N)=N/NN)c1. The quantitative estimate of drug-likeness (QED) is 0.138. The molecule has 0 spiro atoms. The summed E-state index contributed by atoms with van der Waals surface area (Å²) >= 11 is 0. The van der Waals surface area contributed by atoms with Gasteiger partial charge in [0, 0.05) is 22.4 Å². The van der Waals surface area contributed by atoms with Crippen LogP contribution in [0.4, 0.5) is 10.1 Å². The van der Waals surface area contributed by atoms with Gasteiger partial charge in [0.15, 0.2) is 11.3 Å². The van der Waals surface area contributed by atoms with Crippen molar-refractivity contribution in [2.24, 2.45) is 16.7 Å². The number of nitrogens with two attached hydrogens (primary N) is 2. The lowest BCUT2D eigenvalue weighted by atomic mass is 9.98. The van der Waals surface area contributed by atoms with Crippen molar-refractivity contribution in [3.8, 4) is 11.3 Å². The number of hydrogen-bond donors (Lipinski definition) is 4. The number of nitrogens with zero attached hydrogens (tertiary/aromatic N) is 1. The number of rotatable bonds is 6. The van der Waals surface area contributed by atoms with E-state index in [1.54, 1.807) is 31.2 Å². The number of benzene rings is 3. The second-order valence-corrected chi connectivity index (χ2v) is 8.64. The van der Waals surface area contributed by atoms with Crippen molar-refractivity contribution in [1.82, 2.24) is 5.53 Å². The van der Waals surface area contributed by atoms with Crippen molar-refractivity contribution in [3.63, 3.8) is 0 Å². The van der Waals surface area contributed by atoms with Crippen molar-refractivity contribution in [1.29, 1.82) is 0 Å². The van der Waals surface area contributed by atoms with Crippen molar-refractivity contribution in [2.75, 3.05) is 5.32 Å². The summed E-state index contributed by atoms with van der Waals surface area (Å²) in [4.78, 5) is 13.3. The lowest BCUT2D eigenvalue weighted by molar-refractivity contribution is 0.586. The van der Waals surface area contributed by atoms with Crippen LogP contribution in [0.5, 0.6) is 0 Å². The molecule has 3 aromatic carbocycles. The summed E-state index contributed by atoms with van der Waals surface area (Å²) in [6, 6.07) is 15.5. The number of hydrazone groups is 1. The van der Waals surface area contributed by atoms with Gasteiger partial charge in [-0.25, -0.2) is 15.8 Å². The molecule has 1 unspecified atom stereocenters.